The van der Waals surface area contributed by atoms with Crippen molar-refractivity contribution in [1.82, 2.24) is 14.8 Å². The number of carboxylic acid groups (broad SMARTS) is 2. The van der Waals surface area contributed by atoms with Gasteiger partial charge in [-0.2, -0.15) is 26.3 Å². The van der Waals surface area contributed by atoms with E-state index in [1.165, 1.54) is 4.88 Å². The van der Waals surface area contributed by atoms with E-state index in [0.29, 0.717) is 12.5 Å². The molecule has 4 heterocycles. The van der Waals surface area contributed by atoms with Gasteiger partial charge in [-0.1, -0.05) is 12.1 Å². The monoisotopic (exact) mass is 569 g/mol. The summed E-state index contributed by atoms with van der Waals surface area (Å²) in [5.41, 5.74) is 0.965. The summed E-state index contributed by atoms with van der Waals surface area (Å²) in [6.45, 7) is 4.57. The van der Waals surface area contributed by atoms with E-state index in [4.69, 9.17) is 19.8 Å². The van der Waals surface area contributed by atoms with E-state index in [2.05, 4.69) is 33.5 Å². The summed E-state index contributed by atoms with van der Waals surface area (Å²) in [6, 6.07) is 8.29. The number of carboxylic acids is 2. The van der Waals surface area contributed by atoms with E-state index in [9.17, 15) is 31.1 Å². The maximum Gasteiger partial charge on any atom is 0.490 e. The number of alkyl halides is 6. The third kappa shape index (κ3) is 9.28. The standard InChI is InChI=1S/C19H23N3OS.2C2HF3O2/c23-18-19(7-10-22(18)13-16-4-1-8-20-12-16)6-3-9-21(15-19)14-17-5-2-11-24-17;2*3-2(4,5)1(6)7/h1-2,4-5,8,11-12H,3,6-7,9-10,13-15H2;2*(H,6,7). The highest BCUT2D eigenvalue weighted by atomic mass is 32.1. The van der Waals surface area contributed by atoms with Gasteiger partial charge < -0.3 is 15.1 Å². The molecule has 1 amide bonds. The Kier molecular flexibility index (Phi) is 10.6. The first-order valence-electron chi connectivity index (χ1n) is 11.2. The second-order valence-corrected chi connectivity index (χ2v) is 9.65. The predicted molar refractivity (Wildman–Crippen MR) is 123 cm³/mol. The van der Waals surface area contributed by atoms with Crippen molar-refractivity contribution in [3.05, 3.63) is 52.5 Å². The molecule has 1 atom stereocenters. The van der Waals surface area contributed by atoms with Crippen molar-refractivity contribution >= 4 is 29.2 Å². The molecule has 2 saturated heterocycles. The van der Waals surface area contributed by atoms with Gasteiger partial charge in [0.2, 0.25) is 5.91 Å². The number of thiophene rings is 1. The molecule has 1 unspecified atom stereocenters. The Morgan fingerprint density at radius 3 is 2.11 bits per heavy atom. The van der Waals surface area contributed by atoms with E-state index in [0.717, 1.165) is 51.0 Å². The van der Waals surface area contributed by atoms with Gasteiger partial charge in [0.1, 0.15) is 0 Å². The van der Waals surface area contributed by atoms with E-state index >= 15 is 0 Å². The van der Waals surface area contributed by atoms with E-state index in [1.54, 1.807) is 17.5 Å². The Labute approximate surface area is 217 Å². The number of carbonyl (C=O) groups excluding carboxylic acids is 1. The Morgan fingerprint density at radius 2 is 1.61 bits per heavy atom. The molecular weight excluding hydrogens is 544 g/mol. The molecule has 2 aliphatic heterocycles. The predicted octanol–water partition coefficient (Wildman–Crippen LogP) is 4.42. The van der Waals surface area contributed by atoms with Gasteiger partial charge >= 0.3 is 24.3 Å². The molecule has 15 heteroatoms. The van der Waals surface area contributed by atoms with E-state index in [-0.39, 0.29) is 5.41 Å². The molecule has 0 aliphatic carbocycles. The lowest BCUT2D eigenvalue weighted by atomic mass is 9.78. The number of aliphatic carboxylic acids is 2. The molecule has 38 heavy (non-hydrogen) atoms. The highest BCUT2D eigenvalue weighted by molar-refractivity contribution is 7.09. The van der Waals surface area contributed by atoms with Crippen LogP contribution in [0.1, 0.15) is 29.7 Å². The van der Waals surface area contributed by atoms with Crippen molar-refractivity contribution in [3.8, 4) is 0 Å². The summed E-state index contributed by atoms with van der Waals surface area (Å²) in [6.07, 6.45) is -3.37. The van der Waals surface area contributed by atoms with Crippen LogP contribution < -0.4 is 0 Å². The average molecular weight is 570 g/mol. The average Bonchev–Trinajstić information content (AvgIpc) is 3.44. The number of nitrogens with zero attached hydrogens (tertiary/aromatic N) is 3. The highest BCUT2D eigenvalue weighted by Crippen LogP contribution is 2.41. The Hall–Kier alpha value is -3.20. The molecule has 2 aromatic heterocycles. The third-order valence-corrected chi connectivity index (χ3v) is 6.66. The second-order valence-electron chi connectivity index (χ2n) is 8.62. The smallest absolute Gasteiger partial charge is 0.475 e. The van der Waals surface area contributed by atoms with Crippen molar-refractivity contribution < 1.29 is 50.9 Å². The first kappa shape index (κ1) is 31.0. The van der Waals surface area contributed by atoms with E-state index < -0.39 is 24.3 Å². The van der Waals surface area contributed by atoms with Crippen molar-refractivity contribution in [2.75, 3.05) is 19.6 Å². The van der Waals surface area contributed by atoms with Crippen LogP contribution in [0.5, 0.6) is 0 Å². The minimum absolute atomic E-state index is 0.155. The van der Waals surface area contributed by atoms with Crippen molar-refractivity contribution in [3.63, 3.8) is 0 Å². The van der Waals surface area contributed by atoms with Crippen LogP contribution in [0.3, 0.4) is 0 Å². The van der Waals surface area contributed by atoms with Crippen molar-refractivity contribution in [2.45, 2.75) is 44.7 Å². The first-order valence-corrected chi connectivity index (χ1v) is 12.1. The largest absolute Gasteiger partial charge is 0.490 e. The van der Waals surface area contributed by atoms with Crippen LogP contribution in [0, 0.1) is 5.41 Å². The lowest BCUT2D eigenvalue weighted by Gasteiger charge is -2.38. The zero-order valence-corrected chi connectivity index (χ0v) is 20.7. The Balaban J connectivity index is 0.000000301. The molecule has 4 rings (SSSR count). The van der Waals surface area contributed by atoms with Crippen LogP contribution in [0.4, 0.5) is 26.3 Å². The summed E-state index contributed by atoms with van der Waals surface area (Å²) in [4.78, 5) is 41.0. The number of hydrogen-bond donors (Lipinski definition) is 2. The van der Waals surface area contributed by atoms with Gasteiger partial charge in [0, 0.05) is 43.4 Å². The quantitative estimate of drug-likeness (QED) is 0.525. The summed E-state index contributed by atoms with van der Waals surface area (Å²) in [5, 5.41) is 16.4. The minimum Gasteiger partial charge on any atom is -0.475 e. The summed E-state index contributed by atoms with van der Waals surface area (Å²) in [5.74, 6) is -5.16. The fourth-order valence-corrected chi connectivity index (χ4v) is 4.87. The molecule has 2 aliphatic rings. The molecule has 2 fully saturated rings. The fraction of sp³-hybridized carbons (Fsp3) is 0.478. The van der Waals surface area contributed by atoms with E-state index in [1.807, 2.05) is 17.2 Å². The normalized spacial score (nSPS) is 19.8. The maximum absolute atomic E-state index is 13.1. The zero-order valence-electron chi connectivity index (χ0n) is 19.8. The van der Waals surface area contributed by atoms with Gasteiger partial charge in [0.05, 0.1) is 5.41 Å². The number of halogens is 6. The summed E-state index contributed by atoms with van der Waals surface area (Å²) >= 11 is 1.81. The van der Waals surface area contributed by atoms with Gasteiger partial charge in [-0.15, -0.1) is 11.3 Å². The van der Waals surface area contributed by atoms with Crippen LogP contribution in [-0.2, 0) is 27.5 Å². The molecule has 0 aromatic carbocycles. The first-order chi connectivity index (χ1) is 17.6. The second kappa shape index (κ2) is 13.0. The third-order valence-electron chi connectivity index (χ3n) is 5.80. The van der Waals surface area contributed by atoms with Gasteiger partial charge in [-0.3, -0.25) is 14.7 Å². The minimum atomic E-state index is -5.08. The number of hydrogen-bond acceptors (Lipinski definition) is 6. The molecule has 2 aromatic rings. The van der Waals surface area contributed by atoms with Gasteiger partial charge in [-0.25, -0.2) is 9.59 Å². The number of pyridine rings is 1. The molecule has 0 radical (unpaired) electrons. The molecule has 2 N–H and O–H groups in total. The molecule has 210 valence electrons. The van der Waals surface area contributed by atoms with Gasteiger partial charge in [0.25, 0.3) is 0 Å². The Bertz CT molecular complexity index is 1040. The lowest BCUT2D eigenvalue weighted by Crippen LogP contribution is -2.47. The summed E-state index contributed by atoms with van der Waals surface area (Å²) in [7, 11) is 0. The summed E-state index contributed by atoms with van der Waals surface area (Å²) < 4.78 is 63.5. The SMILES string of the molecule is O=C(O)C(F)(F)F.O=C(O)C(F)(F)F.O=C1N(Cc2cccnc2)CCC12CCCN(Cc1cccs1)C2. The lowest BCUT2D eigenvalue weighted by molar-refractivity contribution is -0.193. The van der Waals surface area contributed by atoms with Gasteiger partial charge in [0.15, 0.2) is 0 Å². The van der Waals surface area contributed by atoms with Crippen molar-refractivity contribution in [1.29, 1.82) is 0 Å². The van der Waals surface area contributed by atoms with Crippen LogP contribution >= 0.6 is 11.3 Å². The highest BCUT2D eigenvalue weighted by Gasteiger charge is 2.48. The topological polar surface area (TPSA) is 111 Å². The van der Waals surface area contributed by atoms with Crippen LogP contribution in [0.25, 0.3) is 0 Å². The number of likely N-dealkylation sites (tertiary alicyclic amines) is 2. The number of amides is 1. The van der Waals surface area contributed by atoms with Crippen LogP contribution in [0.2, 0.25) is 0 Å². The molecule has 0 bridgehead atoms. The van der Waals surface area contributed by atoms with Crippen LogP contribution in [-0.4, -0.2) is 74.8 Å². The number of rotatable bonds is 4. The molecule has 0 saturated carbocycles. The van der Waals surface area contributed by atoms with Crippen LogP contribution in [0.15, 0.2) is 42.0 Å². The fourth-order valence-electron chi connectivity index (χ4n) is 4.12. The molecule has 8 nitrogen and oxygen atoms in total. The number of piperidine rings is 1. The zero-order chi connectivity index (χ0) is 28.6. The number of aromatic nitrogens is 1. The number of carbonyl (C=O) groups is 3. The Morgan fingerprint density at radius 1 is 0.974 bits per heavy atom. The molecule has 1 spiro atoms. The van der Waals surface area contributed by atoms with Gasteiger partial charge in [-0.05, 0) is 48.9 Å². The molecular formula is C23H25F6N3O5S. The van der Waals surface area contributed by atoms with Crippen molar-refractivity contribution in [2.24, 2.45) is 5.41 Å². The maximum atomic E-state index is 13.1.